The average molecular weight is 1150 g/mol. The predicted octanol–water partition coefficient (Wildman–Crippen LogP) is 8.97. The first-order valence-corrected chi connectivity index (χ1v) is 29.1. The third kappa shape index (κ3) is 12.7. The Morgan fingerprint density at radius 1 is 0.727 bits per heavy atom. The minimum atomic E-state index is -0.861. The lowest BCUT2D eigenvalue weighted by atomic mass is 9.98. The highest BCUT2D eigenvalue weighted by Crippen LogP contribution is 2.50. The number of nitrogens with two attached hydrogens (primary N) is 5. The van der Waals surface area contributed by atoms with Crippen molar-refractivity contribution in [3.63, 3.8) is 0 Å². The number of nitrogens with zero attached hydrogens (tertiary/aromatic N) is 4. The summed E-state index contributed by atoms with van der Waals surface area (Å²) in [6.45, 7) is 2.49. The van der Waals surface area contributed by atoms with Crippen molar-refractivity contribution >= 4 is 147 Å². The van der Waals surface area contributed by atoms with Crippen molar-refractivity contribution < 1.29 is 43.7 Å². The molecule has 1 aliphatic heterocycles. The van der Waals surface area contributed by atoms with Crippen LogP contribution in [0.5, 0.6) is 0 Å². The van der Waals surface area contributed by atoms with E-state index in [4.69, 9.17) is 53.7 Å². The van der Waals surface area contributed by atoms with E-state index in [-0.39, 0.29) is 47.3 Å². The second-order valence-corrected chi connectivity index (χ2v) is 23.7. The molecule has 8 heterocycles. The Kier molecular flexibility index (Phi) is 18.3. The van der Waals surface area contributed by atoms with Crippen LogP contribution < -0.4 is 28.7 Å². The number of aromatic nitrogens is 2. The minimum Gasteiger partial charge on any atom is -0.481 e. The van der Waals surface area contributed by atoms with Crippen molar-refractivity contribution in [1.82, 2.24) is 14.9 Å². The van der Waals surface area contributed by atoms with Crippen molar-refractivity contribution in [2.45, 2.75) is 76.0 Å². The number of nitrogen functional groups attached to an aromatic ring is 2. The summed E-state index contributed by atoms with van der Waals surface area (Å²) >= 11 is 11.9. The van der Waals surface area contributed by atoms with Gasteiger partial charge >= 0.3 is 11.9 Å². The first-order valence-electron chi connectivity index (χ1n) is 24.4. The lowest BCUT2D eigenvalue weighted by Crippen LogP contribution is -2.41. The summed E-state index contributed by atoms with van der Waals surface area (Å²) in [4.78, 5) is 85.4. The Balaban J connectivity index is 0.000000149. The number of thiocarbonyl (C=S) groups is 1. The topological polar surface area (TPSA) is 335 Å². The lowest BCUT2D eigenvalue weighted by Gasteiger charge is -2.27. The van der Waals surface area contributed by atoms with Gasteiger partial charge in [0, 0.05) is 91.6 Å². The molecule has 3 aliphatic carbocycles. The van der Waals surface area contributed by atoms with E-state index in [1.807, 2.05) is 57.4 Å². The molecule has 2 fully saturated rings. The van der Waals surface area contributed by atoms with Gasteiger partial charge in [-0.2, -0.15) is 5.26 Å². The van der Waals surface area contributed by atoms with Crippen molar-refractivity contribution in [2.24, 2.45) is 23.1 Å². The first-order chi connectivity index (χ1) is 36.9. The van der Waals surface area contributed by atoms with Crippen LogP contribution in [0.15, 0.2) is 58.1 Å². The quantitative estimate of drug-likeness (QED) is 0.0341. The molecule has 0 bridgehead atoms. The van der Waals surface area contributed by atoms with Crippen LogP contribution in [0.2, 0.25) is 0 Å². The van der Waals surface area contributed by atoms with Crippen LogP contribution in [-0.2, 0) is 36.8 Å². The number of Topliss-reactive ketones (excluding diaryl/α,β-unsaturated/α-hetero) is 1. The zero-order valence-corrected chi connectivity index (χ0v) is 46.2. The number of fused-ring (bicyclic) bond motifs is 4. The molecule has 0 spiro atoms. The Morgan fingerprint density at radius 2 is 1.22 bits per heavy atom. The number of rotatable bonds is 12. The number of thiophene rings is 5. The fraction of sp³-hybridized carbons (Fsp3) is 0.321. The number of primary amides is 2. The number of carbonyl (C=O) groups is 6. The molecule has 7 aromatic heterocycles. The van der Waals surface area contributed by atoms with Crippen LogP contribution in [-0.4, -0.2) is 91.8 Å². The molecule has 3 unspecified atom stereocenters. The zero-order valence-electron chi connectivity index (χ0n) is 41.3. The monoisotopic (exact) mass is 1150 g/mol. The zero-order chi connectivity index (χ0) is 55.1. The summed E-state index contributed by atoms with van der Waals surface area (Å²) < 4.78 is 5.36. The number of hydrogen-bond donors (Lipinski definition) is 7. The second-order valence-electron chi connectivity index (χ2n) is 18.4. The average Bonchev–Trinajstić information content (AvgIpc) is 4.35. The maximum absolute atomic E-state index is 12.9. The number of anilines is 2. The van der Waals surface area contributed by atoms with Gasteiger partial charge in [0.25, 0.3) is 11.8 Å². The van der Waals surface area contributed by atoms with Crippen LogP contribution in [0.25, 0.3) is 47.4 Å². The van der Waals surface area contributed by atoms with Gasteiger partial charge in [0.15, 0.2) is 0 Å². The summed E-state index contributed by atoms with van der Waals surface area (Å²) in [6.07, 6.45) is 7.67. The highest BCUT2D eigenvalue weighted by Gasteiger charge is 2.35. The van der Waals surface area contributed by atoms with Gasteiger partial charge in [0.05, 0.1) is 43.0 Å². The summed E-state index contributed by atoms with van der Waals surface area (Å²) in [5.41, 5.74) is 36.0. The second kappa shape index (κ2) is 25.0. The number of amides is 3. The van der Waals surface area contributed by atoms with Gasteiger partial charge in [0.1, 0.15) is 36.3 Å². The van der Waals surface area contributed by atoms with Gasteiger partial charge in [-0.1, -0.05) is 30.4 Å². The van der Waals surface area contributed by atoms with E-state index in [2.05, 4.69) is 18.3 Å². The van der Waals surface area contributed by atoms with Crippen LogP contribution in [0, 0.1) is 17.2 Å². The van der Waals surface area contributed by atoms with Gasteiger partial charge in [0.2, 0.25) is 5.91 Å². The highest BCUT2D eigenvalue weighted by atomic mass is 32.1. The molecule has 11 rings (SSSR count). The number of carboxylic acid groups (broad SMARTS) is 2. The maximum atomic E-state index is 12.9. The van der Waals surface area contributed by atoms with E-state index in [1.54, 1.807) is 40.1 Å². The summed E-state index contributed by atoms with van der Waals surface area (Å²) in [5.74, 6) is -2.75. The first kappa shape index (κ1) is 56.2. The van der Waals surface area contributed by atoms with Crippen molar-refractivity contribution in [2.75, 3.05) is 37.8 Å². The Labute approximate surface area is 467 Å². The number of carboxylic acids is 2. The Hall–Kier alpha value is -6.98. The third-order valence-corrected chi connectivity index (χ3v) is 18.6. The van der Waals surface area contributed by atoms with E-state index in [9.17, 15) is 33.9 Å². The number of ketones is 1. The molecule has 18 nitrogen and oxygen atoms in total. The summed E-state index contributed by atoms with van der Waals surface area (Å²) in [7, 11) is 0. The molecule has 4 aliphatic rings. The molecule has 3 amide bonds. The van der Waals surface area contributed by atoms with E-state index >= 15 is 0 Å². The van der Waals surface area contributed by atoms with Gasteiger partial charge in [-0.25, -0.2) is 9.97 Å². The fourth-order valence-corrected chi connectivity index (χ4v) is 14.3. The van der Waals surface area contributed by atoms with Crippen LogP contribution in [0.1, 0.15) is 110 Å². The van der Waals surface area contributed by atoms with E-state index in [0.717, 1.165) is 97.6 Å². The van der Waals surface area contributed by atoms with E-state index in [1.165, 1.54) is 22.7 Å². The predicted molar refractivity (Wildman–Crippen MR) is 307 cm³/mol. The molecule has 400 valence electrons. The lowest BCUT2D eigenvalue weighted by molar-refractivity contribution is -0.140. The van der Waals surface area contributed by atoms with E-state index in [0.29, 0.717) is 75.5 Å². The fourth-order valence-electron chi connectivity index (χ4n) is 10.0. The summed E-state index contributed by atoms with van der Waals surface area (Å²) in [6, 6.07) is 13.8. The summed E-state index contributed by atoms with van der Waals surface area (Å²) in [5, 5.41) is 33.7. The molecule has 1 saturated carbocycles. The van der Waals surface area contributed by atoms with Crippen LogP contribution in [0.4, 0.5) is 11.4 Å². The van der Waals surface area contributed by atoms with Gasteiger partial charge in [-0.15, -0.1) is 56.7 Å². The molecule has 0 radical (unpaired) electrons. The number of aliphatic carboxylic acids is 2. The largest absolute Gasteiger partial charge is 0.481 e. The molecule has 77 heavy (non-hydrogen) atoms. The Morgan fingerprint density at radius 3 is 1.64 bits per heavy atom. The molecule has 24 heteroatoms. The van der Waals surface area contributed by atoms with Crippen LogP contribution in [0.3, 0.4) is 0 Å². The SMILES string of the molecule is N#C/C(=C\c1cccs1)C(N)=S.NC(=O)c1sc2nc3c(c(-c4cccs4)c2c1N)CCC3CC(=O)N1CCOCC1.NC(=O)c1sc2nc3c(c(-c4cccs4)c2c1N)CCC3CC(=O)O.O=C(O)CC1CCCC1=O. The standard InChI is InChI=1S/C21H22N4O3S2.C17H15N3O3S2.C8H6N2S2.C7H10O3/c22-17-16-15(13-2-1-9-29-13)12-4-3-11(10-14(26)25-5-7-28-8-6-25)18(12)24-21(16)30-19(17)20(23)27;18-13-12-11(9-2-1-5-24-9)8-4-3-7(6-10(21)22)14(8)20-17(12)25-15(13)16(19)23;9-5-6(8(10)11)4-7-2-1-3-12-7;8-6-3-1-2-5(6)4-7(9)10/h1-2,9,11H,3-8,10,22H2,(H2,23,27);1-2,5,7H,3-4,6,18H2,(H2,19,23)(H,21,22);1-4H,(H2,10,11);5H,1-4H2,(H,9,10)/b;;6-4+;. The van der Waals surface area contributed by atoms with E-state index < -0.39 is 23.8 Å². The maximum Gasteiger partial charge on any atom is 0.304 e. The number of morpholine rings is 1. The van der Waals surface area contributed by atoms with Crippen molar-refractivity contribution in [3.05, 3.63) is 95.3 Å². The molecule has 3 atom stereocenters. The number of nitriles is 1. The Bertz CT molecular complexity index is 3460. The number of ether oxygens (including phenoxy) is 1. The molecular formula is C53H53N9O9S6. The molecule has 1 saturated heterocycles. The smallest absolute Gasteiger partial charge is 0.304 e. The highest BCUT2D eigenvalue weighted by molar-refractivity contribution is 7.80. The molecular weight excluding hydrogens is 1100 g/mol. The minimum absolute atomic E-state index is 0.0266. The van der Waals surface area contributed by atoms with Crippen molar-refractivity contribution in [3.8, 4) is 27.0 Å². The number of hydrogen-bond acceptors (Lipinski definition) is 18. The third-order valence-electron chi connectivity index (χ3n) is 13.5. The van der Waals surface area contributed by atoms with Gasteiger partial charge in [-0.3, -0.25) is 28.8 Å². The van der Waals surface area contributed by atoms with Crippen molar-refractivity contribution in [1.29, 1.82) is 5.26 Å². The number of pyridine rings is 2. The van der Waals surface area contributed by atoms with Gasteiger partial charge < -0.3 is 48.5 Å². The molecule has 12 N–H and O–H groups in total. The normalized spacial score (nSPS) is 17.5. The number of carbonyl (C=O) groups excluding carboxylic acids is 4. The molecule has 0 aromatic carbocycles. The van der Waals surface area contributed by atoms with Crippen LogP contribution >= 0.6 is 68.9 Å². The molecule has 7 aromatic rings. The van der Waals surface area contributed by atoms with Gasteiger partial charge in [-0.05, 0) is 90.1 Å².